The molecule has 0 amide bonds. The molecule has 0 saturated carbocycles. The molecule has 1 unspecified atom stereocenters. The summed E-state index contributed by atoms with van der Waals surface area (Å²) < 4.78 is 0. The lowest BCUT2D eigenvalue weighted by molar-refractivity contribution is 0.200. The normalized spacial score (nSPS) is 24.6. The minimum Gasteiger partial charge on any atom is -0.306 e. The lowest BCUT2D eigenvalue weighted by Gasteiger charge is -2.31. The smallest absolute Gasteiger partial charge is 0.0741 e. The van der Waals surface area contributed by atoms with Gasteiger partial charge in [-0.25, -0.2) is 0 Å². The van der Waals surface area contributed by atoms with E-state index in [1.807, 2.05) is 0 Å². The standard InChI is InChI=1S/C12H22N2/c1-5-12(2,3)13-9-11-7-6-8-14(4)10-11/h1,11,13H,6-10H2,2-4H3. The minimum absolute atomic E-state index is 0.157. The van der Waals surface area contributed by atoms with Crippen molar-refractivity contribution in [1.82, 2.24) is 10.2 Å². The van der Waals surface area contributed by atoms with Crippen molar-refractivity contribution in [3.63, 3.8) is 0 Å². The zero-order valence-corrected chi connectivity index (χ0v) is 9.64. The van der Waals surface area contributed by atoms with Crippen LogP contribution in [0.5, 0.6) is 0 Å². The number of terminal acetylenes is 1. The second kappa shape index (κ2) is 4.82. The van der Waals surface area contributed by atoms with E-state index < -0.39 is 0 Å². The molecule has 1 heterocycles. The van der Waals surface area contributed by atoms with Crippen LogP contribution in [0.25, 0.3) is 0 Å². The third-order valence-electron chi connectivity index (χ3n) is 2.92. The largest absolute Gasteiger partial charge is 0.306 e. The molecular weight excluding hydrogens is 172 g/mol. The van der Waals surface area contributed by atoms with Crippen molar-refractivity contribution in [1.29, 1.82) is 0 Å². The molecule has 0 aromatic heterocycles. The predicted molar refractivity (Wildman–Crippen MR) is 61.1 cm³/mol. The fraction of sp³-hybridized carbons (Fsp3) is 0.833. The van der Waals surface area contributed by atoms with E-state index in [0.29, 0.717) is 0 Å². The van der Waals surface area contributed by atoms with E-state index in [9.17, 15) is 0 Å². The number of piperidine rings is 1. The molecule has 0 bridgehead atoms. The van der Waals surface area contributed by atoms with Crippen molar-refractivity contribution in [2.45, 2.75) is 32.2 Å². The quantitative estimate of drug-likeness (QED) is 0.682. The van der Waals surface area contributed by atoms with Crippen LogP contribution >= 0.6 is 0 Å². The van der Waals surface area contributed by atoms with Crippen LogP contribution in [-0.4, -0.2) is 37.1 Å². The van der Waals surface area contributed by atoms with E-state index >= 15 is 0 Å². The number of hydrogen-bond acceptors (Lipinski definition) is 2. The van der Waals surface area contributed by atoms with E-state index in [1.54, 1.807) is 0 Å². The first-order valence-electron chi connectivity index (χ1n) is 5.45. The second-order valence-corrected chi connectivity index (χ2v) is 4.92. The summed E-state index contributed by atoms with van der Waals surface area (Å²) in [5.41, 5.74) is -0.157. The van der Waals surface area contributed by atoms with Gasteiger partial charge in [-0.05, 0) is 46.2 Å². The Bertz CT molecular complexity index is 215. The molecule has 0 aromatic rings. The minimum atomic E-state index is -0.157. The van der Waals surface area contributed by atoms with Gasteiger partial charge in [0, 0.05) is 13.1 Å². The molecule has 2 nitrogen and oxygen atoms in total. The summed E-state index contributed by atoms with van der Waals surface area (Å²) in [7, 11) is 2.19. The van der Waals surface area contributed by atoms with Gasteiger partial charge in [-0.3, -0.25) is 0 Å². The molecule has 1 atom stereocenters. The topological polar surface area (TPSA) is 15.3 Å². The fourth-order valence-electron chi connectivity index (χ4n) is 1.89. The maximum atomic E-state index is 5.43. The van der Waals surface area contributed by atoms with Gasteiger partial charge >= 0.3 is 0 Å². The van der Waals surface area contributed by atoms with Gasteiger partial charge in [0.15, 0.2) is 0 Å². The van der Waals surface area contributed by atoms with Crippen LogP contribution in [-0.2, 0) is 0 Å². The summed E-state index contributed by atoms with van der Waals surface area (Å²) in [6.45, 7) is 7.60. The highest BCUT2D eigenvalue weighted by Gasteiger charge is 2.20. The number of hydrogen-bond donors (Lipinski definition) is 1. The summed E-state index contributed by atoms with van der Waals surface area (Å²) in [4.78, 5) is 2.40. The molecule has 1 aliphatic rings. The average molecular weight is 194 g/mol. The molecule has 80 valence electrons. The summed E-state index contributed by atoms with van der Waals surface area (Å²) in [6, 6.07) is 0. The highest BCUT2D eigenvalue weighted by atomic mass is 15.1. The summed E-state index contributed by atoms with van der Waals surface area (Å²) in [6.07, 6.45) is 8.08. The molecule has 1 N–H and O–H groups in total. The van der Waals surface area contributed by atoms with Gasteiger partial charge in [0.2, 0.25) is 0 Å². The third kappa shape index (κ3) is 3.69. The molecule has 1 aliphatic heterocycles. The Morgan fingerprint density at radius 1 is 1.57 bits per heavy atom. The lowest BCUT2D eigenvalue weighted by Crippen LogP contribution is -2.44. The van der Waals surface area contributed by atoms with Crippen LogP contribution < -0.4 is 5.32 Å². The number of rotatable bonds is 3. The van der Waals surface area contributed by atoms with Crippen LogP contribution in [0.1, 0.15) is 26.7 Å². The Morgan fingerprint density at radius 3 is 2.86 bits per heavy atom. The van der Waals surface area contributed by atoms with Gasteiger partial charge < -0.3 is 10.2 Å². The summed E-state index contributed by atoms with van der Waals surface area (Å²) in [5.74, 6) is 3.53. The summed E-state index contributed by atoms with van der Waals surface area (Å²) in [5, 5.41) is 3.44. The number of nitrogens with one attached hydrogen (secondary N) is 1. The van der Waals surface area contributed by atoms with Crippen LogP contribution in [0.4, 0.5) is 0 Å². The van der Waals surface area contributed by atoms with E-state index in [1.165, 1.54) is 25.9 Å². The van der Waals surface area contributed by atoms with Gasteiger partial charge in [0.25, 0.3) is 0 Å². The third-order valence-corrected chi connectivity index (χ3v) is 2.92. The predicted octanol–water partition coefficient (Wildman–Crippen LogP) is 1.33. The van der Waals surface area contributed by atoms with Gasteiger partial charge in [-0.15, -0.1) is 6.42 Å². The van der Waals surface area contributed by atoms with Crippen LogP contribution in [0.15, 0.2) is 0 Å². The highest BCUT2D eigenvalue weighted by molar-refractivity contribution is 5.07. The van der Waals surface area contributed by atoms with Crippen molar-refractivity contribution in [2.75, 3.05) is 26.7 Å². The van der Waals surface area contributed by atoms with Crippen molar-refractivity contribution >= 4 is 0 Å². The van der Waals surface area contributed by atoms with Crippen molar-refractivity contribution in [3.05, 3.63) is 0 Å². The van der Waals surface area contributed by atoms with E-state index in [-0.39, 0.29) is 5.54 Å². The first kappa shape index (κ1) is 11.6. The van der Waals surface area contributed by atoms with Crippen molar-refractivity contribution < 1.29 is 0 Å². The SMILES string of the molecule is C#CC(C)(C)NCC1CCCN(C)C1. The second-order valence-electron chi connectivity index (χ2n) is 4.92. The molecule has 1 fully saturated rings. The molecule has 0 aromatic carbocycles. The van der Waals surface area contributed by atoms with Crippen molar-refractivity contribution in [3.8, 4) is 12.3 Å². The molecule has 14 heavy (non-hydrogen) atoms. The average Bonchev–Trinajstić information content (AvgIpc) is 2.15. The van der Waals surface area contributed by atoms with E-state index in [4.69, 9.17) is 6.42 Å². The van der Waals surface area contributed by atoms with Gasteiger partial charge in [-0.1, -0.05) is 5.92 Å². The van der Waals surface area contributed by atoms with E-state index in [0.717, 1.165) is 12.5 Å². The maximum absolute atomic E-state index is 5.43. The number of likely N-dealkylation sites (tertiary alicyclic amines) is 1. The van der Waals surface area contributed by atoms with Gasteiger partial charge in [0.05, 0.1) is 5.54 Å². The highest BCUT2D eigenvalue weighted by Crippen LogP contribution is 2.14. The number of nitrogens with zero attached hydrogens (tertiary/aromatic N) is 1. The lowest BCUT2D eigenvalue weighted by atomic mass is 9.97. The molecule has 1 saturated heterocycles. The fourth-order valence-corrected chi connectivity index (χ4v) is 1.89. The van der Waals surface area contributed by atoms with Gasteiger partial charge in [0.1, 0.15) is 0 Å². The molecule has 0 spiro atoms. The Balaban J connectivity index is 2.28. The zero-order valence-electron chi connectivity index (χ0n) is 9.64. The maximum Gasteiger partial charge on any atom is 0.0741 e. The molecular formula is C12H22N2. The van der Waals surface area contributed by atoms with Crippen LogP contribution in [0.2, 0.25) is 0 Å². The Kier molecular flexibility index (Phi) is 3.97. The summed E-state index contributed by atoms with van der Waals surface area (Å²) >= 11 is 0. The molecule has 1 rings (SSSR count). The van der Waals surface area contributed by atoms with E-state index in [2.05, 4.69) is 37.0 Å². The first-order chi connectivity index (χ1) is 6.53. The van der Waals surface area contributed by atoms with Gasteiger partial charge in [-0.2, -0.15) is 0 Å². The Morgan fingerprint density at radius 2 is 2.29 bits per heavy atom. The van der Waals surface area contributed by atoms with Crippen molar-refractivity contribution in [2.24, 2.45) is 5.92 Å². The monoisotopic (exact) mass is 194 g/mol. The molecule has 2 heteroatoms. The zero-order chi connectivity index (χ0) is 10.6. The Labute approximate surface area is 88.1 Å². The molecule has 0 radical (unpaired) electrons. The Hall–Kier alpha value is -0.520. The first-order valence-corrected chi connectivity index (χ1v) is 5.45. The van der Waals surface area contributed by atoms with Crippen LogP contribution in [0.3, 0.4) is 0 Å². The molecule has 0 aliphatic carbocycles. The van der Waals surface area contributed by atoms with Crippen LogP contribution in [0, 0.1) is 18.3 Å².